The van der Waals surface area contributed by atoms with Crippen LogP contribution in [0, 0.1) is 0 Å². The zero-order chi connectivity index (χ0) is 7.82. The fourth-order valence-corrected chi connectivity index (χ4v) is 1.26. The third-order valence-corrected chi connectivity index (χ3v) is 1.81. The molecule has 0 heterocycles. The van der Waals surface area contributed by atoms with Crippen molar-refractivity contribution >= 4 is 22.6 Å². The molecule has 0 aromatic heterocycles. The third kappa shape index (κ3) is 6.55. The summed E-state index contributed by atoms with van der Waals surface area (Å²) in [6.07, 6.45) is 6.11. The van der Waals surface area contributed by atoms with Gasteiger partial charge in [-0.1, -0.05) is 54.9 Å². The minimum absolute atomic E-state index is 0.219. The van der Waals surface area contributed by atoms with Gasteiger partial charge in [-0.05, 0) is 10.5 Å². The lowest BCUT2D eigenvalue weighted by Gasteiger charge is -2.02. The van der Waals surface area contributed by atoms with E-state index in [1.165, 1.54) is 12.8 Å². The Morgan fingerprint density at radius 2 is 2.20 bits per heavy atom. The maximum Gasteiger partial charge on any atom is 0.0728 e. The van der Waals surface area contributed by atoms with Gasteiger partial charge in [0.25, 0.3) is 0 Å². The molecular formula is C8H15IO. The van der Waals surface area contributed by atoms with Gasteiger partial charge >= 0.3 is 0 Å². The molecule has 0 spiro atoms. The number of rotatable bonds is 5. The minimum Gasteiger partial charge on any atom is -0.389 e. The second-order valence-corrected chi connectivity index (χ2v) is 3.10. The third-order valence-electron chi connectivity index (χ3n) is 1.40. The predicted molar refractivity (Wildman–Crippen MR) is 53.3 cm³/mol. The molecule has 60 valence electrons. The van der Waals surface area contributed by atoms with Gasteiger partial charge in [0.2, 0.25) is 0 Å². The first-order valence-electron chi connectivity index (χ1n) is 3.76. The Hall–Kier alpha value is 0.430. The summed E-state index contributed by atoms with van der Waals surface area (Å²) in [7, 11) is 0. The summed E-state index contributed by atoms with van der Waals surface area (Å²) >= 11 is 2.12. The molecule has 0 rings (SSSR count). The monoisotopic (exact) mass is 254 g/mol. The highest BCUT2D eigenvalue weighted by Crippen LogP contribution is 2.04. The summed E-state index contributed by atoms with van der Waals surface area (Å²) in [5.41, 5.74) is 0. The normalized spacial score (nSPS) is 14.3. The minimum atomic E-state index is -0.219. The number of hydrogen-bond acceptors (Lipinski definition) is 1. The maximum atomic E-state index is 9.18. The van der Waals surface area contributed by atoms with Crippen LogP contribution in [0.2, 0.25) is 0 Å². The van der Waals surface area contributed by atoms with Crippen LogP contribution in [0.15, 0.2) is 10.2 Å². The van der Waals surface area contributed by atoms with Gasteiger partial charge in [-0.15, -0.1) is 0 Å². The van der Waals surface area contributed by atoms with Crippen LogP contribution in [0.4, 0.5) is 0 Å². The first-order valence-corrected chi connectivity index (χ1v) is 5.00. The molecule has 0 saturated carbocycles. The van der Waals surface area contributed by atoms with E-state index < -0.39 is 0 Å². The van der Waals surface area contributed by atoms with Crippen molar-refractivity contribution in [2.45, 2.75) is 38.7 Å². The van der Waals surface area contributed by atoms with Crippen LogP contribution in [0.25, 0.3) is 0 Å². The standard InChI is InChI=1S/C8H15IO/c1-2-3-4-5-8(10)6-7-9/h6-8,10H,2-5H2,1H3/b7-6-. The molecular weight excluding hydrogens is 239 g/mol. The molecule has 1 N–H and O–H groups in total. The summed E-state index contributed by atoms with van der Waals surface area (Å²) in [4.78, 5) is 0. The largest absolute Gasteiger partial charge is 0.389 e. The van der Waals surface area contributed by atoms with E-state index in [2.05, 4.69) is 29.5 Å². The number of aliphatic hydroxyl groups is 1. The van der Waals surface area contributed by atoms with Gasteiger partial charge in [0, 0.05) is 0 Å². The first kappa shape index (κ1) is 10.4. The van der Waals surface area contributed by atoms with Gasteiger partial charge in [-0.25, -0.2) is 0 Å². The Morgan fingerprint density at radius 3 is 2.70 bits per heavy atom. The van der Waals surface area contributed by atoms with Crippen molar-refractivity contribution in [3.63, 3.8) is 0 Å². The second kappa shape index (κ2) is 7.54. The van der Waals surface area contributed by atoms with Gasteiger partial charge in [0.05, 0.1) is 6.10 Å². The van der Waals surface area contributed by atoms with E-state index in [1.807, 2.05) is 10.2 Å². The molecule has 0 aromatic rings. The molecule has 1 nitrogen and oxygen atoms in total. The van der Waals surface area contributed by atoms with Gasteiger partial charge < -0.3 is 5.11 Å². The van der Waals surface area contributed by atoms with E-state index in [9.17, 15) is 5.11 Å². The van der Waals surface area contributed by atoms with Crippen LogP contribution in [-0.4, -0.2) is 11.2 Å². The molecule has 0 aliphatic carbocycles. The number of halogens is 1. The predicted octanol–water partition coefficient (Wildman–Crippen LogP) is 2.88. The van der Waals surface area contributed by atoms with Crippen LogP contribution in [0.5, 0.6) is 0 Å². The quantitative estimate of drug-likeness (QED) is 0.590. The first-order chi connectivity index (χ1) is 4.81. The zero-order valence-corrected chi connectivity index (χ0v) is 8.54. The van der Waals surface area contributed by atoms with Crippen molar-refractivity contribution in [1.29, 1.82) is 0 Å². The van der Waals surface area contributed by atoms with Crippen LogP contribution in [0.3, 0.4) is 0 Å². The SMILES string of the molecule is CCCCCC(O)/C=C\I. The lowest BCUT2D eigenvalue weighted by atomic mass is 10.1. The average Bonchev–Trinajstić information content (AvgIpc) is 1.89. The maximum absolute atomic E-state index is 9.18. The highest BCUT2D eigenvalue weighted by Gasteiger charge is 1.96. The molecule has 0 bridgehead atoms. The average molecular weight is 254 g/mol. The number of hydrogen-bond donors (Lipinski definition) is 1. The summed E-state index contributed by atoms with van der Waals surface area (Å²) in [6, 6.07) is 0. The highest BCUT2D eigenvalue weighted by molar-refractivity contribution is 14.1. The summed E-state index contributed by atoms with van der Waals surface area (Å²) in [5.74, 6) is 0. The lowest BCUT2D eigenvalue weighted by molar-refractivity contribution is 0.208. The van der Waals surface area contributed by atoms with Crippen LogP contribution >= 0.6 is 22.6 Å². The lowest BCUT2D eigenvalue weighted by Crippen LogP contribution is -2.00. The fourth-order valence-electron chi connectivity index (χ4n) is 0.784. The molecule has 0 aromatic carbocycles. The smallest absolute Gasteiger partial charge is 0.0728 e. The highest BCUT2D eigenvalue weighted by atomic mass is 127. The summed E-state index contributed by atoms with van der Waals surface area (Å²) < 4.78 is 1.87. The Bertz CT molecular complexity index is 91.3. The number of aliphatic hydroxyl groups excluding tert-OH is 1. The molecule has 10 heavy (non-hydrogen) atoms. The van der Waals surface area contributed by atoms with Crippen molar-refractivity contribution in [3.05, 3.63) is 10.2 Å². The van der Waals surface area contributed by atoms with Crippen LogP contribution in [0.1, 0.15) is 32.6 Å². The van der Waals surface area contributed by atoms with Gasteiger partial charge in [-0.3, -0.25) is 0 Å². The summed E-state index contributed by atoms with van der Waals surface area (Å²) in [6.45, 7) is 2.17. The van der Waals surface area contributed by atoms with Gasteiger partial charge in [0.1, 0.15) is 0 Å². The molecule has 0 fully saturated rings. The Kier molecular flexibility index (Phi) is 7.86. The van der Waals surface area contributed by atoms with Crippen molar-refractivity contribution in [3.8, 4) is 0 Å². The van der Waals surface area contributed by atoms with E-state index in [-0.39, 0.29) is 6.10 Å². The van der Waals surface area contributed by atoms with Crippen molar-refractivity contribution in [2.24, 2.45) is 0 Å². The molecule has 1 atom stereocenters. The zero-order valence-electron chi connectivity index (χ0n) is 6.39. The molecule has 0 radical (unpaired) electrons. The van der Waals surface area contributed by atoms with E-state index in [0.29, 0.717) is 0 Å². The summed E-state index contributed by atoms with van der Waals surface area (Å²) in [5, 5.41) is 9.18. The second-order valence-electron chi connectivity index (χ2n) is 2.38. The molecule has 0 saturated heterocycles. The van der Waals surface area contributed by atoms with Crippen molar-refractivity contribution < 1.29 is 5.11 Å². The molecule has 0 amide bonds. The Balaban J connectivity index is 3.13. The van der Waals surface area contributed by atoms with Gasteiger partial charge in [-0.2, -0.15) is 0 Å². The Labute approximate surface area is 76.7 Å². The fraction of sp³-hybridized carbons (Fsp3) is 0.750. The topological polar surface area (TPSA) is 20.2 Å². The molecule has 0 aliphatic heterocycles. The van der Waals surface area contributed by atoms with Crippen LogP contribution in [-0.2, 0) is 0 Å². The van der Waals surface area contributed by atoms with Crippen molar-refractivity contribution in [2.75, 3.05) is 0 Å². The molecule has 2 heteroatoms. The molecule has 0 aliphatic rings. The van der Waals surface area contributed by atoms with Crippen molar-refractivity contribution in [1.82, 2.24) is 0 Å². The van der Waals surface area contributed by atoms with E-state index in [4.69, 9.17) is 0 Å². The Morgan fingerprint density at radius 1 is 1.50 bits per heavy atom. The van der Waals surface area contributed by atoms with E-state index in [0.717, 1.165) is 12.8 Å². The van der Waals surface area contributed by atoms with E-state index >= 15 is 0 Å². The molecule has 1 unspecified atom stereocenters. The van der Waals surface area contributed by atoms with Crippen LogP contribution < -0.4 is 0 Å². The number of unbranched alkanes of at least 4 members (excludes halogenated alkanes) is 2. The van der Waals surface area contributed by atoms with Gasteiger partial charge in [0.15, 0.2) is 0 Å². The van der Waals surface area contributed by atoms with E-state index in [1.54, 1.807) is 0 Å².